The Morgan fingerprint density at radius 2 is 2.04 bits per heavy atom. The van der Waals surface area contributed by atoms with Crippen molar-refractivity contribution in [1.29, 1.82) is 0 Å². The summed E-state index contributed by atoms with van der Waals surface area (Å²) in [5, 5.41) is 3.29. The van der Waals surface area contributed by atoms with Gasteiger partial charge in [0.15, 0.2) is 5.13 Å². The number of aromatic nitrogens is 1. The Morgan fingerprint density at radius 1 is 1.21 bits per heavy atom. The van der Waals surface area contributed by atoms with Crippen molar-refractivity contribution in [3.8, 4) is 0 Å². The molecule has 0 saturated heterocycles. The Morgan fingerprint density at radius 3 is 2.79 bits per heavy atom. The van der Waals surface area contributed by atoms with E-state index in [4.69, 9.17) is 4.74 Å². The van der Waals surface area contributed by atoms with Gasteiger partial charge in [-0.3, -0.25) is 10.1 Å². The minimum absolute atomic E-state index is 0.210. The van der Waals surface area contributed by atoms with Crippen molar-refractivity contribution >= 4 is 61.2 Å². The topological polar surface area (TPSA) is 68.3 Å². The molecule has 2 aromatic carbocycles. The van der Waals surface area contributed by atoms with Gasteiger partial charge >= 0.3 is 5.97 Å². The molecule has 0 fully saturated rings. The number of halogens is 1. The maximum absolute atomic E-state index is 12.3. The molecule has 1 heterocycles. The summed E-state index contributed by atoms with van der Waals surface area (Å²) in [5.41, 5.74) is 1.78. The van der Waals surface area contributed by atoms with Gasteiger partial charge in [0.25, 0.3) is 5.91 Å². The molecule has 5 nitrogen and oxygen atoms in total. The van der Waals surface area contributed by atoms with Gasteiger partial charge in [0.2, 0.25) is 0 Å². The number of rotatable bonds is 4. The third kappa shape index (κ3) is 3.73. The lowest BCUT2D eigenvalue weighted by Gasteiger charge is -2.01. The van der Waals surface area contributed by atoms with Gasteiger partial charge in [-0.1, -0.05) is 17.4 Å². The molecule has 3 aromatic rings. The number of ether oxygens (including phenoxy) is 1. The third-order valence-electron chi connectivity index (χ3n) is 3.21. The summed E-state index contributed by atoms with van der Waals surface area (Å²) in [6.45, 7) is 2.10. The summed E-state index contributed by atoms with van der Waals surface area (Å²) in [5.74, 6) is -0.574. The Kier molecular flexibility index (Phi) is 5.10. The quantitative estimate of drug-likeness (QED) is 0.473. The lowest BCUT2D eigenvalue weighted by Crippen LogP contribution is -2.11. The second-order valence-electron chi connectivity index (χ2n) is 4.89. The molecular weight excluding hydrogens is 439 g/mol. The Hall–Kier alpha value is -2.00. The fourth-order valence-corrected chi connectivity index (χ4v) is 3.56. The average molecular weight is 452 g/mol. The first kappa shape index (κ1) is 16.8. The number of carbonyl (C=O) groups is 2. The highest BCUT2D eigenvalue weighted by Gasteiger charge is 2.13. The van der Waals surface area contributed by atoms with Gasteiger partial charge in [-0.05, 0) is 65.9 Å². The molecule has 1 amide bonds. The lowest BCUT2D eigenvalue weighted by molar-refractivity contribution is 0.0526. The van der Waals surface area contributed by atoms with E-state index in [1.54, 1.807) is 31.2 Å². The molecular formula is C17H13IN2O3S. The highest BCUT2D eigenvalue weighted by atomic mass is 127. The number of hydrogen-bond acceptors (Lipinski definition) is 5. The molecule has 1 N–H and O–H groups in total. The predicted molar refractivity (Wildman–Crippen MR) is 103 cm³/mol. The summed E-state index contributed by atoms with van der Waals surface area (Å²) in [7, 11) is 0. The van der Waals surface area contributed by atoms with Crippen LogP contribution in [0, 0.1) is 3.57 Å². The smallest absolute Gasteiger partial charge is 0.338 e. The number of thiazole rings is 1. The Balaban J connectivity index is 1.83. The van der Waals surface area contributed by atoms with Crippen molar-refractivity contribution in [2.45, 2.75) is 6.92 Å². The van der Waals surface area contributed by atoms with E-state index in [9.17, 15) is 9.59 Å². The van der Waals surface area contributed by atoms with Gasteiger partial charge in [-0.2, -0.15) is 0 Å². The minimum atomic E-state index is -0.364. The van der Waals surface area contributed by atoms with Crippen molar-refractivity contribution in [2.24, 2.45) is 0 Å². The molecule has 0 unspecified atom stereocenters. The molecule has 0 aliphatic rings. The maximum atomic E-state index is 12.3. The Bertz CT molecular complexity index is 923. The first-order valence-corrected chi connectivity index (χ1v) is 9.11. The maximum Gasteiger partial charge on any atom is 0.338 e. The molecule has 122 valence electrons. The van der Waals surface area contributed by atoms with E-state index in [0.717, 1.165) is 13.8 Å². The number of anilines is 1. The van der Waals surface area contributed by atoms with E-state index in [-0.39, 0.29) is 11.9 Å². The van der Waals surface area contributed by atoms with Gasteiger partial charge in [0, 0.05) is 9.13 Å². The van der Waals surface area contributed by atoms with Gasteiger partial charge in [-0.15, -0.1) is 0 Å². The number of amides is 1. The largest absolute Gasteiger partial charge is 0.462 e. The molecule has 24 heavy (non-hydrogen) atoms. The highest BCUT2D eigenvalue weighted by molar-refractivity contribution is 14.1. The van der Waals surface area contributed by atoms with Crippen LogP contribution in [0.4, 0.5) is 5.13 Å². The van der Waals surface area contributed by atoms with E-state index in [0.29, 0.717) is 22.9 Å². The Labute approximate surface area is 156 Å². The molecule has 0 aliphatic heterocycles. The van der Waals surface area contributed by atoms with E-state index in [1.807, 2.05) is 18.2 Å². The van der Waals surface area contributed by atoms with E-state index >= 15 is 0 Å². The monoisotopic (exact) mass is 452 g/mol. The summed E-state index contributed by atoms with van der Waals surface area (Å²) in [6.07, 6.45) is 0. The predicted octanol–water partition coefficient (Wildman–Crippen LogP) is 4.33. The van der Waals surface area contributed by atoms with E-state index in [1.165, 1.54) is 11.3 Å². The fraction of sp³-hybridized carbons (Fsp3) is 0.118. The molecule has 0 bridgehead atoms. The van der Waals surface area contributed by atoms with Crippen LogP contribution in [0.1, 0.15) is 27.6 Å². The van der Waals surface area contributed by atoms with Gasteiger partial charge in [0.1, 0.15) is 0 Å². The standard InChI is InChI=1S/C17H13IN2O3S/c1-2-23-16(22)11-6-7-13-14(9-11)24-17(19-13)20-15(21)10-4-3-5-12(18)8-10/h3-9H,2H2,1H3,(H,19,20,21). The lowest BCUT2D eigenvalue weighted by atomic mass is 10.2. The normalized spacial score (nSPS) is 10.6. The number of hydrogen-bond donors (Lipinski definition) is 1. The summed E-state index contributed by atoms with van der Waals surface area (Å²) >= 11 is 3.48. The van der Waals surface area contributed by atoms with Crippen LogP contribution in [0.2, 0.25) is 0 Å². The highest BCUT2D eigenvalue weighted by Crippen LogP contribution is 2.27. The van der Waals surface area contributed by atoms with Crippen LogP contribution in [0.5, 0.6) is 0 Å². The molecule has 1 aromatic heterocycles. The first-order valence-electron chi connectivity index (χ1n) is 7.21. The van der Waals surface area contributed by atoms with E-state index in [2.05, 4.69) is 32.9 Å². The van der Waals surface area contributed by atoms with Crippen LogP contribution in [-0.4, -0.2) is 23.5 Å². The zero-order chi connectivity index (χ0) is 17.1. The SMILES string of the molecule is CCOC(=O)c1ccc2nc(NC(=O)c3cccc(I)c3)sc2c1. The van der Waals surface area contributed by atoms with Crippen LogP contribution in [-0.2, 0) is 4.74 Å². The van der Waals surface area contributed by atoms with Gasteiger partial charge in [0.05, 0.1) is 22.4 Å². The number of nitrogens with zero attached hydrogens (tertiary/aromatic N) is 1. The third-order valence-corrected chi connectivity index (χ3v) is 4.81. The van der Waals surface area contributed by atoms with Crippen LogP contribution in [0.3, 0.4) is 0 Å². The first-order chi connectivity index (χ1) is 11.6. The zero-order valence-corrected chi connectivity index (χ0v) is 15.7. The van der Waals surface area contributed by atoms with E-state index < -0.39 is 0 Å². The van der Waals surface area contributed by atoms with Crippen molar-refractivity contribution in [1.82, 2.24) is 4.98 Å². The van der Waals surface area contributed by atoms with Crippen molar-refractivity contribution in [3.05, 3.63) is 57.2 Å². The van der Waals surface area contributed by atoms with Crippen LogP contribution >= 0.6 is 33.9 Å². The van der Waals surface area contributed by atoms with Crippen LogP contribution in [0.15, 0.2) is 42.5 Å². The molecule has 0 saturated carbocycles. The number of fused-ring (bicyclic) bond motifs is 1. The minimum Gasteiger partial charge on any atom is -0.462 e. The number of benzene rings is 2. The molecule has 0 radical (unpaired) electrons. The molecule has 7 heteroatoms. The van der Waals surface area contributed by atoms with Gasteiger partial charge in [-0.25, -0.2) is 9.78 Å². The second kappa shape index (κ2) is 7.27. The van der Waals surface area contributed by atoms with Crippen molar-refractivity contribution in [3.63, 3.8) is 0 Å². The summed E-state index contributed by atoms with van der Waals surface area (Å²) in [6, 6.07) is 12.5. The van der Waals surface area contributed by atoms with Crippen molar-refractivity contribution < 1.29 is 14.3 Å². The summed E-state index contributed by atoms with van der Waals surface area (Å²) < 4.78 is 6.80. The molecule has 0 aliphatic carbocycles. The van der Waals surface area contributed by atoms with Crippen LogP contribution in [0.25, 0.3) is 10.2 Å². The van der Waals surface area contributed by atoms with Crippen molar-refractivity contribution in [2.75, 3.05) is 11.9 Å². The van der Waals surface area contributed by atoms with Crippen LogP contribution < -0.4 is 5.32 Å². The molecule has 0 atom stereocenters. The molecule has 3 rings (SSSR count). The number of carbonyl (C=O) groups excluding carboxylic acids is 2. The zero-order valence-electron chi connectivity index (χ0n) is 12.7. The average Bonchev–Trinajstić information content (AvgIpc) is 2.96. The fourth-order valence-electron chi connectivity index (χ4n) is 2.12. The number of esters is 1. The number of nitrogens with one attached hydrogen (secondary N) is 1. The second-order valence-corrected chi connectivity index (χ2v) is 7.16. The summed E-state index contributed by atoms with van der Waals surface area (Å²) in [4.78, 5) is 28.4. The van der Waals surface area contributed by atoms with Gasteiger partial charge < -0.3 is 4.74 Å². The molecule has 0 spiro atoms.